The summed E-state index contributed by atoms with van der Waals surface area (Å²) in [5.41, 5.74) is 4.88. The van der Waals surface area contributed by atoms with E-state index in [-0.39, 0.29) is 0 Å². The van der Waals surface area contributed by atoms with Gasteiger partial charge in [0, 0.05) is 21.6 Å². The van der Waals surface area contributed by atoms with Crippen LogP contribution >= 0.6 is 27.5 Å². The van der Waals surface area contributed by atoms with Crippen LogP contribution in [0.15, 0.2) is 40.0 Å². The van der Waals surface area contributed by atoms with Gasteiger partial charge in [0.05, 0.1) is 11.4 Å². The fourth-order valence-corrected chi connectivity index (χ4v) is 3.07. The highest BCUT2D eigenvalue weighted by Crippen LogP contribution is 2.29. The van der Waals surface area contributed by atoms with Crippen LogP contribution in [0.1, 0.15) is 17.5 Å². The highest BCUT2D eigenvalue weighted by molar-refractivity contribution is 9.11. The molecular formula is C14H12BrClN2. The maximum atomic E-state index is 8.36. The first-order chi connectivity index (χ1) is 8.65. The molecule has 1 aliphatic heterocycles. The third kappa shape index (κ3) is 2.02. The van der Waals surface area contributed by atoms with E-state index in [1.165, 1.54) is 5.57 Å². The van der Waals surface area contributed by atoms with Crippen molar-refractivity contribution in [1.29, 1.82) is 5.41 Å². The number of fused-ring (bicyclic) bond motifs is 1. The molecule has 18 heavy (non-hydrogen) atoms. The highest BCUT2D eigenvalue weighted by Gasteiger charge is 2.22. The molecule has 4 heteroatoms. The first-order valence-electron chi connectivity index (χ1n) is 5.86. The zero-order valence-electron chi connectivity index (χ0n) is 9.69. The minimum Gasteiger partial charge on any atom is -0.378 e. The Morgan fingerprint density at radius 2 is 2.11 bits per heavy atom. The molecule has 0 bridgehead atoms. The topological polar surface area (TPSA) is 35.9 Å². The van der Waals surface area contributed by atoms with Crippen LogP contribution in [0, 0.1) is 5.41 Å². The lowest BCUT2D eigenvalue weighted by Gasteiger charge is -2.19. The van der Waals surface area contributed by atoms with Gasteiger partial charge in [-0.15, -0.1) is 0 Å². The number of dihydropyridines is 1. The lowest BCUT2D eigenvalue weighted by Crippen LogP contribution is -2.26. The number of benzene rings is 1. The summed E-state index contributed by atoms with van der Waals surface area (Å²) in [5, 5.41) is 12.4. The van der Waals surface area contributed by atoms with Crippen LogP contribution in [-0.2, 0) is 6.42 Å². The first kappa shape index (κ1) is 12.0. The van der Waals surface area contributed by atoms with E-state index in [1.54, 1.807) is 0 Å². The van der Waals surface area contributed by atoms with Crippen molar-refractivity contribution in [3.05, 3.63) is 56.2 Å². The molecule has 2 N–H and O–H groups in total. The van der Waals surface area contributed by atoms with E-state index in [1.807, 2.05) is 18.2 Å². The summed E-state index contributed by atoms with van der Waals surface area (Å²) in [5.74, 6) is 0. The van der Waals surface area contributed by atoms with Gasteiger partial charge in [-0.1, -0.05) is 33.6 Å². The predicted molar refractivity (Wildman–Crippen MR) is 78.6 cm³/mol. The quantitative estimate of drug-likeness (QED) is 0.748. The van der Waals surface area contributed by atoms with Crippen molar-refractivity contribution in [1.82, 2.24) is 5.32 Å². The molecule has 0 unspecified atom stereocenters. The Balaban J connectivity index is 2.10. The van der Waals surface area contributed by atoms with Crippen molar-refractivity contribution in [3.8, 4) is 0 Å². The van der Waals surface area contributed by atoms with Gasteiger partial charge >= 0.3 is 0 Å². The third-order valence-electron chi connectivity index (χ3n) is 3.34. The smallest absolute Gasteiger partial charge is 0.0849 e. The van der Waals surface area contributed by atoms with Crippen LogP contribution in [0.3, 0.4) is 0 Å². The molecule has 1 aromatic rings. The van der Waals surface area contributed by atoms with Crippen molar-refractivity contribution in [2.24, 2.45) is 0 Å². The van der Waals surface area contributed by atoms with Gasteiger partial charge in [0.25, 0.3) is 0 Å². The second-order valence-corrected chi connectivity index (χ2v) is 5.98. The van der Waals surface area contributed by atoms with Crippen molar-refractivity contribution in [3.63, 3.8) is 0 Å². The fourth-order valence-electron chi connectivity index (χ4n) is 2.46. The average molecular weight is 324 g/mol. The van der Waals surface area contributed by atoms with E-state index in [0.29, 0.717) is 5.71 Å². The summed E-state index contributed by atoms with van der Waals surface area (Å²) in [4.78, 5) is 0. The Kier molecular flexibility index (Phi) is 3.04. The van der Waals surface area contributed by atoms with Crippen molar-refractivity contribution < 1.29 is 0 Å². The van der Waals surface area contributed by atoms with E-state index >= 15 is 0 Å². The summed E-state index contributed by atoms with van der Waals surface area (Å²) in [6.45, 7) is 0.754. The zero-order chi connectivity index (χ0) is 12.7. The Hall–Kier alpha value is -1.06. The third-order valence-corrected chi connectivity index (χ3v) is 4.08. The number of aryl methyl sites for hydroxylation is 1. The molecular weight excluding hydrogens is 312 g/mol. The fraction of sp³-hybridized carbons (Fsp3) is 0.214. The minimum absolute atomic E-state index is 0.574. The molecule has 0 saturated carbocycles. The Morgan fingerprint density at radius 3 is 2.94 bits per heavy atom. The Labute approximate surface area is 119 Å². The number of halogens is 2. The van der Waals surface area contributed by atoms with Gasteiger partial charge in [-0.25, -0.2) is 0 Å². The maximum Gasteiger partial charge on any atom is 0.0849 e. The summed E-state index contributed by atoms with van der Waals surface area (Å²) in [6, 6.07) is 5.78. The maximum absolute atomic E-state index is 8.36. The molecule has 2 nitrogen and oxygen atoms in total. The van der Waals surface area contributed by atoms with E-state index in [2.05, 4.69) is 27.3 Å². The molecule has 0 spiro atoms. The van der Waals surface area contributed by atoms with Crippen molar-refractivity contribution in [2.45, 2.75) is 12.8 Å². The number of hydrogen-bond donors (Lipinski definition) is 2. The molecule has 0 amide bonds. The second-order valence-electron chi connectivity index (χ2n) is 4.52. The lowest BCUT2D eigenvalue weighted by atomic mass is 10.0. The SMILES string of the molecule is N=C1C2=C(C=C(Br)CN2)CCc2cc(Cl)ccc21. The van der Waals surface area contributed by atoms with Gasteiger partial charge in [0.2, 0.25) is 0 Å². The molecule has 2 aliphatic rings. The molecule has 1 aromatic carbocycles. The zero-order valence-corrected chi connectivity index (χ0v) is 12.0. The molecule has 1 heterocycles. The van der Waals surface area contributed by atoms with E-state index in [0.717, 1.165) is 45.7 Å². The molecule has 3 rings (SSSR count). The van der Waals surface area contributed by atoms with Gasteiger partial charge in [-0.3, -0.25) is 5.41 Å². The first-order valence-corrected chi connectivity index (χ1v) is 7.03. The highest BCUT2D eigenvalue weighted by atomic mass is 79.9. The van der Waals surface area contributed by atoms with Crippen molar-refractivity contribution in [2.75, 3.05) is 6.54 Å². The molecule has 1 aliphatic carbocycles. The normalized spacial score (nSPS) is 18.6. The lowest BCUT2D eigenvalue weighted by molar-refractivity contribution is 0.871. The molecule has 0 atom stereocenters. The van der Waals surface area contributed by atoms with E-state index < -0.39 is 0 Å². The monoisotopic (exact) mass is 322 g/mol. The minimum atomic E-state index is 0.574. The second kappa shape index (κ2) is 4.56. The van der Waals surface area contributed by atoms with Crippen LogP contribution < -0.4 is 5.32 Å². The summed E-state index contributed by atoms with van der Waals surface area (Å²) in [7, 11) is 0. The van der Waals surface area contributed by atoms with Crippen LogP contribution in [0.2, 0.25) is 5.02 Å². The van der Waals surface area contributed by atoms with Gasteiger partial charge in [0.15, 0.2) is 0 Å². The van der Waals surface area contributed by atoms with Crippen LogP contribution in [0.4, 0.5) is 0 Å². The van der Waals surface area contributed by atoms with Crippen molar-refractivity contribution >= 4 is 33.2 Å². The van der Waals surface area contributed by atoms with Gasteiger partial charge in [-0.05, 0) is 42.2 Å². The Bertz CT molecular complexity index is 602. The van der Waals surface area contributed by atoms with E-state index in [4.69, 9.17) is 17.0 Å². The predicted octanol–water partition coefficient (Wildman–Crippen LogP) is 3.79. The number of allylic oxidation sites excluding steroid dienone is 3. The summed E-state index contributed by atoms with van der Waals surface area (Å²) in [6.07, 6.45) is 4.00. The number of rotatable bonds is 0. The van der Waals surface area contributed by atoms with Crippen LogP contribution in [0.5, 0.6) is 0 Å². The number of nitrogens with one attached hydrogen (secondary N) is 2. The van der Waals surface area contributed by atoms with Gasteiger partial charge in [-0.2, -0.15) is 0 Å². The molecule has 0 aromatic heterocycles. The number of hydrogen-bond acceptors (Lipinski definition) is 2. The van der Waals surface area contributed by atoms with E-state index in [9.17, 15) is 0 Å². The van der Waals surface area contributed by atoms with Gasteiger partial charge < -0.3 is 5.32 Å². The van der Waals surface area contributed by atoms with Gasteiger partial charge in [0.1, 0.15) is 0 Å². The average Bonchev–Trinajstić information content (AvgIpc) is 2.47. The Morgan fingerprint density at radius 1 is 1.28 bits per heavy atom. The molecule has 92 valence electrons. The van der Waals surface area contributed by atoms with Crippen LogP contribution in [-0.4, -0.2) is 12.3 Å². The summed E-state index contributed by atoms with van der Waals surface area (Å²) >= 11 is 9.55. The standard InChI is InChI=1S/C14H12BrClN2/c15-10-5-9-2-1-8-6-11(16)3-4-12(8)13(17)14(9)18-7-10/h3-6,17-18H,1-2,7H2. The largest absolute Gasteiger partial charge is 0.378 e. The molecule has 0 fully saturated rings. The summed E-state index contributed by atoms with van der Waals surface area (Å²) < 4.78 is 1.14. The molecule has 0 saturated heterocycles. The molecule has 0 radical (unpaired) electrons. The van der Waals surface area contributed by atoms with Crippen LogP contribution in [0.25, 0.3) is 0 Å².